The lowest BCUT2D eigenvalue weighted by atomic mass is 10.2. The van der Waals surface area contributed by atoms with Gasteiger partial charge in [-0.25, -0.2) is 4.68 Å². The van der Waals surface area contributed by atoms with Crippen LogP contribution in [0.3, 0.4) is 0 Å². The average molecular weight is 390 g/mol. The van der Waals surface area contributed by atoms with E-state index in [4.69, 9.17) is 10.5 Å². The first kappa shape index (κ1) is 14.3. The number of anilines is 1. The molecule has 0 saturated carbocycles. The SMILES string of the molecule is CCCc1c(N)nnn1-c1cc(OC)c(Br)cc1Br. The second-order valence-electron chi connectivity index (χ2n) is 4.02. The van der Waals surface area contributed by atoms with Crippen molar-refractivity contribution >= 4 is 37.7 Å². The van der Waals surface area contributed by atoms with Crippen LogP contribution < -0.4 is 10.5 Å². The van der Waals surface area contributed by atoms with Crippen molar-refractivity contribution in [3.05, 3.63) is 26.8 Å². The number of nitrogens with two attached hydrogens (primary N) is 1. The molecule has 0 fully saturated rings. The van der Waals surface area contributed by atoms with Crippen molar-refractivity contribution in [3.8, 4) is 11.4 Å². The molecule has 7 heteroatoms. The molecule has 102 valence electrons. The van der Waals surface area contributed by atoms with E-state index in [0.717, 1.165) is 38.9 Å². The Kier molecular flexibility index (Phi) is 4.46. The minimum Gasteiger partial charge on any atom is -0.495 e. The molecule has 0 spiro atoms. The molecule has 0 unspecified atom stereocenters. The molecule has 0 saturated heterocycles. The first-order valence-corrected chi connectivity index (χ1v) is 7.40. The molecule has 19 heavy (non-hydrogen) atoms. The number of halogens is 2. The van der Waals surface area contributed by atoms with Crippen molar-refractivity contribution < 1.29 is 4.74 Å². The van der Waals surface area contributed by atoms with Crippen molar-refractivity contribution in [2.75, 3.05) is 12.8 Å². The molecule has 1 heterocycles. The number of rotatable bonds is 4. The largest absolute Gasteiger partial charge is 0.495 e. The van der Waals surface area contributed by atoms with Crippen LogP contribution in [0.4, 0.5) is 5.82 Å². The Morgan fingerprint density at radius 1 is 1.32 bits per heavy atom. The predicted molar refractivity (Wildman–Crippen MR) is 81.7 cm³/mol. The minimum atomic E-state index is 0.468. The molecular formula is C12H14Br2N4O. The van der Waals surface area contributed by atoms with Crippen molar-refractivity contribution in [2.24, 2.45) is 0 Å². The summed E-state index contributed by atoms with van der Waals surface area (Å²) < 4.78 is 8.82. The molecule has 5 nitrogen and oxygen atoms in total. The molecule has 1 aromatic heterocycles. The highest BCUT2D eigenvalue weighted by Crippen LogP contribution is 2.34. The zero-order valence-electron chi connectivity index (χ0n) is 10.7. The fourth-order valence-corrected chi connectivity index (χ4v) is 3.14. The van der Waals surface area contributed by atoms with E-state index in [1.54, 1.807) is 11.8 Å². The zero-order valence-corrected chi connectivity index (χ0v) is 13.8. The van der Waals surface area contributed by atoms with E-state index in [1.807, 2.05) is 12.1 Å². The van der Waals surface area contributed by atoms with Gasteiger partial charge in [0.05, 0.1) is 23.0 Å². The van der Waals surface area contributed by atoms with Crippen LogP contribution in [0.15, 0.2) is 21.1 Å². The summed E-state index contributed by atoms with van der Waals surface area (Å²) >= 11 is 6.97. The smallest absolute Gasteiger partial charge is 0.169 e. The van der Waals surface area contributed by atoms with E-state index in [-0.39, 0.29) is 0 Å². The van der Waals surface area contributed by atoms with Crippen molar-refractivity contribution in [1.82, 2.24) is 15.0 Å². The molecule has 2 N–H and O–H groups in total. The van der Waals surface area contributed by atoms with E-state index in [2.05, 4.69) is 49.1 Å². The van der Waals surface area contributed by atoms with Gasteiger partial charge in [0.2, 0.25) is 0 Å². The lowest BCUT2D eigenvalue weighted by molar-refractivity contribution is 0.411. The number of ether oxygens (including phenoxy) is 1. The summed E-state index contributed by atoms with van der Waals surface area (Å²) in [5, 5.41) is 8.06. The van der Waals surface area contributed by atoms with Gasteiger partial charge in [0.25, 0.3) is 0 Å². The predicted octanol–water partition coefficient (Wildman–Crippen LogP) is 3.34. The number of aromatic nitrogens is 3. The Hall–Kier alpha value is -1.08. The van der Waals surface area contributed by atoms with Crippen LogP contribution in [0.1, 0.15) is 19.0 Å². The summed E-state index contributed by atoms with van der Waals surface area (Å²) in [6.07, 6.45) is 1.80. The van der Waals surface area contributed by atoms with Gasteiger partial charge in [0.15, 0.2) is 5.82 Å². The van der Waals surface area contributed by atoms with Gasteiger partial charge in [-0.1, -0.05) is 18.6 Å². The molecule has 0 aliphatic heterocycles. The third-order valence-electron chi connectivity index (χ3n) is 2.73. The van der Waals surface area contributed by atoms with Crippen LogP contribution in [-0.2, 0) is 6.42 Å². The van der Waals surface area contributed by atoms with E-state index in [0.29, 0.717) is 5.82 Å². The number of nitrogens with zero attached hydrogens (tertiary/aromatic N) is 3. The number of methoxy groups -OCH3 is 1. The van der Waals surface area contributed by atoms with E-state index in [9.17, 15) is 0 Å². The number of benzene rings is 1. The maximum absolute atomic E-state index is 5.87. The third-order valence-corrected chi connectivity index (χ3v) is 3.98. The van der Waals surface area contributed by atoms with Gasteiger partial charge in [-0.2, -0.15) is 0 Å². The fourth-order valence-electron chi connectivity index (χ4n) is 1.81. The molecule has 0 bridgehead atoms. The Balaban J connectivity index is 2.58. The Labute approximate surface area is 128 Å². The first-order chi connectivity index (χ1) is 9.08. The Morgan fingerprint density at radius 3 is 2.68 bits per heavy atom. The van der Waals surface area contributed by atoms with E-state index in [1.165, 1.54) is 0 Å². The monoisotopic (exact) mass is 388 g/mol. The van der Waals surface area contributed by atoms with E-state index >= 15 is 0 Å². The van der Waals surface area contributed by atoms with Crippen LogP contribution in [0.25, 0.3) is 5.69 Å². The third kappa shape index (κ3) is 2.76. The van der Waals surface area contributed by atoms with Crippen LogP contribution in [-0.4, -0.2) is 22.1 Å². The number of hydrogen-bond donors (Lipinski definition) is 1. The Morgan fingerprint density at radius 2 is 2.05 bits per heavy atom. The summed E-state index contributed by atoms with van der Waals surface area (Å²) in [5.41, 5.74) is 7.63. The number of nitrogen functional groups attached to an aromatic ring is 1. The normalized spacial score (nSPS) is 10.7. The van der Waals surface area contributed by atoms with Gasteiger partial charge in [-0.3, -0.25) is 0 Å². The maximum atomic E-state index is 5.87. The standard InChI is InChI=1S/C12H14Br2N4O/c1-3-4-9-12(15)16-17-18(9)10-6-11(19-2)8(14)5-7(10)13/h5-6H,3-4,15H2,1-2H3. The van der Waals surface area contributed by atoms with Gasteiger partial charge in [0, 0.05) is 10.5 Å². The van der Waals surface area contributed by atoms with Gasteiger partial charge >= 0.3 is 0 Å². The summed E-state index contributed by atoms with van der Waals surface area (Å²) in [6.45, 7) is 2.09. The highest BCUT2D eigenvalue weighted by Gasteiger charge is 2.15. The maximum Gasteiger partial charge on any atom is 0.169 e. The fraction of sp³-hybridized carbons (Fsp3) is 0.333. The van der Waals surface area contributed by atoms with Crippen molar-refractivity contribution in [1.29, 1.82) is 0 Å². The second kappa shape index (κ2) is 5.92. The van der Waals surface area contributed by atoms with Crippen molar-refractivity contribution in [2.45, 2.75) is 19.8 Å². The molecule has 0 radical (unpaired) electrons. The summed E-state index contributed by atoms with van der Waals surface area (Å²) in [6, 6.07) is 3.81. The van der Waals surface area contributed by atoms with Gasteiger partial charge in [-0.05, 0) is 44.3 Å². The Bertz CT molecular complexity index is 598. The van der Waals surface area contributed by atoms with Gasteiger partial charge < -0.3 is 10.5 Å². The van der Waals surface area contributed by atoms with Gasteiger partial charge in [0.1, 0.15) is 5.75 Å². The van der Waals surface area contributed by atoms with Crippen LogP contribution in [0, 0.1) is 0 Å². The summed E-state index contributed by atoms with van der Waals surface area (Å²) in [4.78, 5) is 0. The lowest BCUT2D eigenvalue weighted by Crippen LogP contribution is -2.05. The molecule has 0 aliphatic rings. The quantitative estimate of drug-likeness (QED) is 0.870. The molecular weight excluding hydrogens is 376 g/mol. The van der Waals surface area contributed by atoms with Gasteiger partial charge in [-0.15, -0.1) is 5.10 Å². The van der Waals surface area contributed by atoms with Crippen molar-refractivity contribution in [3.63, 3.8) is 0 Å². The summed E-state index contributed by atoms with van der Waals surface area (Å²) in [5.74, 6) is 1.20. The minimum absolute atomic E-state index is 0.468. The molecule has 0 amide bonds. The average Bonchev–Trinajstić information content (AvgIpc) is 2.72. The highest BCUT2D eigenvalue weighted by atomic mass is 79.9. The highest BCUT2D eigenvalue weighted by molar-refractivity contribution is 9.11. The second-order valence-corrected chi connectivity index (χ2v) is 5.73. The van der Waals surface area contributed by atoms with E-state index < -0.39 is 0 Å². The topological polar surface area (TPSA) is 66.0 Å². The van der Waals surface area contributed by atoms with Crippen LogP contribution in [0.2, 0.25) is 0 Å². The molecule has 2 aromatic rings. The number of hydrogen-bond acceptors (Lipinski definition) is 4. The van der Waals surface area contributed by atoms with Crippen LogP contribution in [0.5, 0.6) is 5.75 Å². The molecule has 2 rings (SSSR count). The molecule has 0 aliphatic carbocycles. The van der Waals surface area contributed by atoms with Crippen LogP contribution >= 0.6 is 31.9 Å². The lowest BCUT2D eigenvalue weighted by Gasteiger charge is -2.11. The molecule has 1 aromatic carbocycles. The molecule has 0 atom stereocenters. The first-order valence-electron chi connectivity index (χ1n) is 5.82. The summed E-state index contributed by atoms with van der Waals surface area (Å²) in [7, 11) is 1.63. The zero-order chi connectivity index (χ0) is 14.0.